The van der Waals surface area contributed by atoms with E-state index < -0.39 is 46.3 Å². The fourth-order valence-corrected chi connectivity index (χ4v) is 5.52. The van der Waals surface area contributed by atoms with Gasteiger partial charge in [-0.05, 0) is 33.8 Å². The number of rotatable bonds is 6. The molecule has 0 spiro atoms. The molecule has 0 fully saturated rings. The Bertz CT molecular complexity index is 1620. The number of phenols is 2. The second-order valence-corrected chi connectivity index (χ2v) is 9.93. The van der Waals surface area contributed by atoms with E-state index in [1.165, 1.54) is 35.0 Å². The summed E-state index contributed by atoms with van der Waals surface area (Å²) in [6, 6.07) is 3.34. The third-order valence-corrected chi connectivity index (χ3v) is 7.69. The zero-order valence-corrected chi connectivity index (χ0v) is 22.7. The van der Waals surface area contributed by atoms with E-state index in [0.29, 0.717) is 11.3 Å². The number of hydrogen-bond donors (Lipinski definition) is 3. The number of aromatic hydroxyl groups is 2. The summed E-state index contributed by atoms with van der Waals surface area (Å²) in [7, 11) is 2.87. The number of carbonyl (C=O) groups is 4. The summed E-state index contributed by atoms with van der Waals surface area (Å²) in [5, 5.41) is 24.5. The van der Waals surface area contributed by atoms with Crippen LogP contribution in [0.3, 0.4) is 0 Å². The molecule has 0 amide bonds. The molecule has 5 rings (SSSR count). The van der Waals surface area contributed by atoms with Crippen molar-refractivity contribution in [1.29, 1.82) is 0 Å². The molecule has 11 nitrogen and oxygen atoms in total. The molecular formula is C29H27NO10. The van der Waals surface area contributed by atoms with Gasteiger partial charge < -0.3 is 34.5 Å². The Morgan fingerprint density at radius 2 is 1.80 bits per heavy atom. The number of esters is 1. The highest BCUT2D eigenvalue weighted by Gasteiger charge is 2.56. The van der Waals surface area contributed by atoms with Gasteiger partial charge in [-0.1, -0.05) is 6.07 Å². The van der Waals surface area contributed by atoms with E-state index in [1.807, 2.05) is 0 Å². The summed E-state index contributed by atoms with van der Waals surface area (Å²) in [5.74, 6) is -2.90. The van der Waals surface area contributed by atoms with E-state index in [1.54, 1.807) is 19.1 Å². The Kier molecular flexibility index (Phi) is 6.13. The number of allylic oxidation sites excluding steroid dienone is 4. The molecule has 0 saturated carbocycles. The lowest BCUT2D eigenvalue weighted by Crippen LogP contribution is -2.41. The summed E-state index contributed by atoms with van der Waals surface area (Å²) in [4.78, 5) is 52.1. The third-order valence-electron chi connectivity index (χ3n) is 7.69. The molecule has 1 aliphatic carbocycles. The fourth-order valence-electron chi connectivity index (χ4n) is 5.52. The normalized spacial score (nSPS) is 22.0. The average molecular weight is 550 g/mol. The predicted octanol–water partition coefficient (Wildman–Crippen LogP) is 3.09. The molecule has 40 heavy (non-hydrogen) atoms. The first kappa shape index (κ1) is 26.8. The van der Waals surface area contributed by atoms with Crippen LogP contribution in [0.15, 0.2) is 35.2 Å². The van der Waals surface area contributed by atoms with Crippen LogP contribution in [0.2, 0.25) is 0 Å². The van der Waals surface area contributed by atoms with Crippen LogP contribution in [0.1, 0.15) is 64.3 Å². The molecule has 3 N–H and O–H groups in total. The van der Waals surface area contributed by atoms with Gasteiger partial charge in [0, 0.05) is 22.9 Å². The number of fused-ring (bicyclic) bond motifs is 4. The topological polar surface area (TPSA) is 158 Å². The number of phenolic OH excluding ortho intramolecular Hbond substituents is 2. The van der Waals surface area contributed by atoms with Crippen LogP contribution in [-0.2, 0) is 19.7 Å². The summed E-state index contributed by atoms with van der Waals surface area (Å²) in [6.45, 7) is 5.70. The van der Waals surface area contributed by atoms with Crippen molar-refractivity contribution in [2.24, 2.45) is 0 Å². The van der Waals surface area contributed by atoms with Crippen molar-refractivity contribution in [1.82, 2.24) is 5.32 Å². The number of ketones is 3. The molecule has 2 heterocycles. The molecule has 0 bridgehead atoms. The van der Waals surface area contributed by atoms with E-state index in [9.17, 15) is 29.4 Å². The lowest BCUT2D eigenvalue weighted by atomic mass is 9.70. The Morgan fingerprint density at radius 1 is 1.10 bits per heavy atom. The molecule has 0 aromatic heterocycles. The minimum Gasteiger partial charge on any atom is -0.507 e. The van der Waals surface area contributed by atoms with E-state index in [4.69, 9.17) is 18.9 Å². The molecule has 3 aliphatic rings. The highest BCUT2D eigenvalue weighted by Crippen LogP contribution is 2.57. The smallest absolute Gasteiger partial charge is 0.343 e. The van der Waals surface area contributed by atoms with Crippen molar-refractivity contribution in [3.05, 3.63) is 63.1 Å². The highest BCUT2D eigenvalue weighted by molar-refractivity contribution is 6.31. The van der Waals surface area contributed by atoms with Crippen molar-refractivity contribution < 1.29 is 48.3 Å². The molecule has 0 unspecified atom stereocenters. The van der Waals surface area contributed by atoms with Crippen molar-refractivity contribution in [2.45, 2.75) is 39.2 Å². The van der Waals surface area contributed by atoms with Gasteiger partial charge in [-0.25, -0.2) is 4.79 Å². The summed E-state index contributed by atoms with van der Waals surface area (Å²) >= 11 is 0. The van der Waals surface area contributed by atoms with Crippen molar-refractivity contribution in [2.75, 3.05) is 20.8 Å². The molecule has 0 saturated heterocycles. The lowest BCUT2D eigenvalue weighted by molar-refractivity contribution is -0.123. The Balaban J connectivity index is 1.52. The van der Waals surface area contributed by atoms with Gasteiger partial charge in [0.2, 0.25) is 0 Å². The van der Waals surface area contributed by atoms with Gasteiger partial charge in [0.15, 0.2) is 28.8 Å². The molecule has 0 radical (unpaired) electrons. The number of hydrogen-bond acceptors (Lipinski definition) is 11. The standard InChI is InChI=1S/C29H27NO10/c1-11-23(33)20(13(3)31)26-22(24(11)34)29(4)18(40-26)9-15(32)19(27(29)35)12(2)30-10-17-14-7-8-16(37-5)25(38-6)21(14)28(36)39-17/h7-9,17,30,33-34H,10H2,1-6H3/b19-12+/t17-,29-/m0/s1. The Morgan fingerprint density at radius 3 is 2.42 bits per heavy atom. The average Bonchev–Trinajstić information content (AvgIpc) is 3.39. The van der Waals surface area contributed by atoms with Crippen LogP contribution in [0.5, 0.6) is 28.7 Å². The minimum atomic E-state index is -1.63. The highest BCUT2D eigenvalue weighted by atomic mass is 16.6. The molecule has 11 heteroatoms. The number of Topliss-reactive ketones (excluding diaryl/α,β-unsaturated/α-hetero) is 2. The van der Waals surface area contributed by atoms with Gasteiger partial charge in [0.1, 0.15) is 45.7 Å². The van der Waals surface area contributed by atoms with Crippen LogP contribution in [0.25, 0.3) is 0 Å². The van der Waals surface area contributed by atoms with Crippen LogP contribution in [0, 0.1) is 6.92 Å². The van der Waals surface area contributed by atoms with Crippen LogP contribution in [-0.4, -0.2) is 54.3 Å². The van der Waals surface area contributed by atoms with Crippen LogP contribution < -0.4 is 19.5 Å². The molecule has 208 valence electrons. The number of benzene rings is 2. The first-order chi connectivity index (χ1) is 18.9. The minimum absolute atomic E-state index is 0.00161. The SMILES string of the molecule is COc1ccc2c(c1OC)C(=O)O[C@H]2CN/C(C)=C1\C(=O)C=C2Oc3c(C(C)=O)c(O)c(C)c(O)c3[C@@]2(C)C1=O. The van der Waals surface area contributed by atoms with E-state index in [0.717, 1.165) is 6.08 Å². The maximum atomic E-state index is 14.0. The quantitative estimate of drug-likeness (QED) is 0.210. The van der Waals surface area contributed by atoms with Gasteiger partial charge in [-0.2, -0.15) is 0 Å². The monoisotopic (exact) mass is 549 g/mol. The fraction of sp³-hybridized carbons (Fsp3) is 0.310. The van der Waals surface area contributed by atoms with Crippen LogP contribution in [0.4, 0.5) is 0 Å². The molecule has 2 aromatic rings. The van der Waals surface area contributed by atoms with E-state index >= 15 is 0 Å². The maximum Gasteiger partial charge on any atom is 0.343 e. The second-order valence-electron chi connectivity index (χ2n) is 9.93. The Labute approximate surface area is 229 Å². The molecule has 2 atom stereocenters. The van der Waals surface area contributed by atoms with E-state index in [2.05, 4.69) is 5.32 Å². The van der Waals surface area contributed by atoms with Crippen molar-refractivity contribution in [3.8, 4) is 28.7 Å². The van der Waals surface area contributed by atoms with Gasteiger partial charge in [0.25, 0.3) is 0 Å². The largest absolute Gasteiger partial charge is 0.507 e. The number of ether oxygens (including phenoxy) is 4. The van der Waals surface area contributed by atoms with Gasteiger partial charge in [-0.15, -0.1) is 0 Å². The zero-order chi connectivity index (χ0) is 29.3. The number of methoxy groups -OCH3 is 2. The van der Waals surface area contributed by atoms with E-state index in [-0.39, 0.29) is 57.3 Å². The molecule has 2 aliphatic heterocycles. The third kappa shape index (κ3) is 3.50. The first-order valence-electron chi connectivity index (χ1n) is 12.4. The maximum absolute atomic E-state index is 14.0. The first-order valence-corrected chi connectivity index (χ1v) is 12.4. The number of nitrogens with one attached hydrogen (secondary N) is 1. The molecular weight excluding hydrogens is 522 g/mol. The summed E-state index contributed by atoms with van der Waals surface area (Å²) < 4.78 is 21.9. The summed E-state index contributed by atoms with van der Waals surface area (Å²) in [5.41, 5.74) is -0.991. The number of cyclic esters (lactones) is 1. The predicted molar refractivity (Wildman–Crippen MR) is 139 cm³/mol. The van der Waals surface area contributed by atoms with Gasteiger partial charge >= 0.3 is 5.97 Å². The molecule has 2 aromatic carbocycles. The zero-order valence-electron chi connectivity index (χ0n) is 22.7. The van der Waals surface area contributed by atoms with Crippen molar-refractivity contribution >= 4 is 23.3 Å². The lowest BCUT2D eigenvalue weighted by Gasteiger charge is -2.29. The second kappa shape index (κ2) is 9.15. The summed E-state index contributed by atoms with van der Waals surface area (Å²) in [6.07, 6.45) is 0.399. The van der Waals surface area contributed by atoms with Crippen LogP contribution >= 0.6 is 0 Å². The van der Waals surface area contributed by atoms with Gasteiger partial charge in [-0.3, -0.25) is 14.4 Å². The number of carbonyl (C=O) groups excluding carboxylic acids is 4. The van der Waals surface area contributed by atoms with Crippen molar-refractivity contribution in [3.63, 3.8) is 0 Å². The van der Waals surface area contributed by atoms with Gasteiger partial charge in [0.05, 0.1) is 31.9 Å². The Hall–Kier alpha value is -4.80.